The first-order chi connectivity index (χ1) is 13.6. The molecule has 142 valence electrons. The average molecular weight is 375 g/mol. The minimum absolute atomic E-state index is 0.0584. The molecule has 1 unspecified atom stereocenters. The normalized spacial score (nSPS) is 15.5. The van der Waals surface area contributed by atoms with Crippen molar-refractivity contribution in [1.82, 2.24) is 10.6 Å². The number of amides is 3. The smallest absolute Gasteiger partial charge is 0.252 e. The van der Waals surface area contributed by atoms with E-state index >= 15 is 0 Å². The zero-order chi connectivity index (χ0) is 19.9. The van der Waals surface area contributed by atoms with Crippen molar-refractivity contribution in [2.75, 3.05) is 25.0 Å². The molecule has 28 heavy (non-hydrogen) atoms. The van der Waals surface area contributed by atoms with Gasteiger partial charge in [0, 0.05) is 31.3 Å². The predicted octanol–water partition coefficient (Wildman–Crippen LogP) is 1.57. The van der Waals surface area contributed by atoms with Crippen LogP contribution in [0.25, 0.3) is 0 Å². The summed E-state index contributed by atoms with van der Waals surface area (Å²) in [6.07, 6.45) is 0.188. The Morgan fingerprint density at radius 1 is 1.11 bits per heavy atom. The number of anilines is 1. The maximum Gasteiger partial charge on any atom is 0.252 e. The van der Waals surface area contributed by atoms with Gasteiger partial charge in [-0.05, 0) is 24.3 Å². The molecule has 3 rings (SSSR count). The van der Waals surface area contributed by atoms with Crippen LogP contribution in [0.2, 0.25) is 0 Å². The molecule has 1 heterocycles. The third kappa shape index (κ3) is 4.38. The number of para-hydroxylation sites is 1. The van der Waals surface area contributed by atoms with Crippen molar-refractivity contribution in [3.05, 3.63) is 65.7 Å². The van der Waals surface area contributed by atoms with Gasteiger partial charge >= 0.3 is 0 Å². The van der Waals surface area contributed by atoms with E-state index in [4.69, 9.17) is 0 Å². The zero-order valence-corrected chi connectivity index (χ0v) is 15.6. The van der Waals surface area contributed by atoms with Crippen molar-refractivity contribution in [2.45, 2.75) is 6.42 Å². The third-order valence-electron chi connectivity index (χ3n) is 4.54. The molecule has 1 atom stereocenters. The van der Waals surface area contributed by atoms with E-state index in [0.717, 1.165) is 5.69 Å². The molecule has 1 aliphatic rings. The van der Waals surface area contributed by atoms with Crippen LogP contribution in [0.15, 0.2) is 54.6 Å². The molecule has 0 aliphatic carbocycles. The molecular weight excluding hydrogens is 354 g/mol. The number of hydrogen-bond donors (Lipinski definition) is 2. The Morgan fingerprint density at radius 2 is 1.82 bits per heavy atom. The summed E-state index contributed by atoms with van der Waals surface area (Å²) in [6.45, 7) is 0.512. The molecule has 0 radical (unpaired) electrons. The summed E-state index contributed by atoms with van der Waals surface area (Å²) in [4.78, 5) is 38.1. The summed E-state index contributed by atoms with van der Waals surface area (Å²) < 4.78 is 0. The highest BCUT2D eigenvalue weighted by atomic mass is 16.2. The Balaban J connectivity index is 1.57. The van der Waals surface area contributed by atoms with Crippen molar-refractivity contribution in [3.8, 4) is 11.8 Å². The van der Waals surface area contributed by atoms with Crippen LogP contribution < -0.4 is 15.5 Å². The lowest BCUT2D eigenvalue weighted by molar-refractivity contribution is -0.126. The first kappa shape index (κ1) is 19.2. The fourth-order valence-corrected chi connectivity index (χ4v) is 3.08. The number of nitrogens with one attached hydrogen (secondary N) is 2. The molecule has 0 bridgehead atoms. The van der Waals surface area contributed by atoms with E-state index in [1.54, 1.807) is 36.2 Å². The van der Waals surface area contributed by atoms with E-state index in [-0.39, 0.29) is 30.7 Å². The summed E-state index contributed by atoms with van der Waals surface area (Å²) in [5.41, 5.74) is 1.89. The van der Waals surface area contributed by atoms with Crippen molar-refractivity contribution in [3.63, 3.8) is 0 Å². The Labute approximate surface area is 163 Å². The van der Waals surface area contributed by atoms with Crippen molar-refractivity contribution < 1.29 is 14.4 Å². The Bertz CT molecular complexity index is 944. The van der Waals surface area contributed by atoms with E-state index in [2.05, 4.69) is 22.5 Å². The monoisotopic (exact) mass is 375 g/mol. The van der Waals surface area contributed by atoms with Gasteiger partial charge in [0.1, 0.15) is 0 Å². The van der Waals surface area contributed by atoms with Crippen LogP contribution in [-0.4, -0.2) is 37.9 Å². The molecule has 6 nitrogen and oxygen atoms in total. The Hall–Kier alpha value is -3.59. The lowest BCUT2D eigenvalue weighted by Gasteiger charge is -2.16. The number of rotatable bonds is 4. The molecule has 2 aromatic carbocycles. The molecule has 1 saturated heterocycles. The number of hydrogen-bond acceptors (Lipinski definition) is 3. The molecule has 2 aromatic rings. The second kappa shape index (κ2) is 8.87. The van der Waals surface area contributed by atoms with Crippen LogP contribution in [0.3, 0.4) is 0 Å². The van der Waals surface area contributed by atoms with Crippen molar-refractivity contribution in [2.24, 2.45) is 5.92 Å². The van der Waals surface area contributed by atoms with Gasteiger partial charge in [0.15, 0.2) is 0 Å². The summed E-state index contributed by atoms with van der Waals surface area (Å²) >= 11 is 0. The topological polar surface area (TPSA) is 78.5 Å². The van der Waals surface area contributed by atoms with Crippen LogP contribution in [0.1, 0.15) is 22.3 Å². The van der Waals surface area contributed by atoms with E-state index in [9.17, 15) is 14.4 Å². The number of carbonyl (C=O) groups is 3. The quantitative estimate of drug-likeness (QED) is 0.797. The minimum atomic E-state index is -0.396. The van der Waals surface area contributed by atoms with Crippen molar-refractivity contribution in [1.29, 1.82) is 0 Å². The minimum Gasteiger partial charge on any atom is -0.355 e. The molecule has 3 amide bonds. The first-order valence-corrected chi connectivity index (χ1v) is 9.03. The molecule has 1 fully saturated rings. The highest BCUT2D eigenvalue weighted by Crippen LogP contribution is 2.24. The maximum atomic E-state index is 12.4. The van der Waals surface area contributed by atoms with Crippen molar-refractivity contribution >= 4 is 23.4 Å². The van der Waals surface area contributed by atoms with E-state index in [1.807, 2.05) is 30.3 Å². The second-order valence-electron chi connectivity index (χ2n) is 6.39. The highest BCUT2D eigenvalue weighted by molar-refractivity contribution is 6.00. The SMILES string of the molecule is CNC(=O)c1ccccc1C#CCNC(=O)C1CC(=O)N(c2ccccc2)C1. The van der Waals surface area contributed by atoms with Gasteiger partial charge in [-0.15, -0.1) is 0 Å². The summed E-state index contributed by atoms with van der Waals surface area (Å²) in [5, 5.41) is 5.33. The van der Waals surface area contributed by atoms with E-state index in [0.29, 0.717) is 17.7 Å². The number of nitrogens with zero attached hydrogens (tertiary/aromatic N) is 1. The average Bonchev–Trinajstić information content (AvgIpc) is 3.13. The molecule has 1 aliphatic heterocycles. The van der Waals surface area contributed by atoms with Gasteiger partial charge in [0.2, 0.25) is 11.8 Å². The fraction of sp³-hybridized carbons (Fsp3) is 0.227. The second-order valence-corrected chi connectivity index (χ2v) is 6.39. The standard InChI is InChI=1S/C22H21N3O3/c1-23-22(28)19-12-6-5-8-16(19)9-7-13-24-21(27)17-14-20(26)25(15-17)18-10-3-2-4-11-18/h2-6,8,10-12,17H,13-15H2,1H3,(H,23,28)(H,24,27). The van der Waals surface area contributed by atoms with E-state index in [1.165, 1.54) is 0 Å². The van der Waals surface area contributed by atoms with Gasteiger partial charge in [-0.2, -0.15) is 0 Å². The van der Waals surface area contributed by atoms with Crippen LogP contribution in [0, 0.1) is 17.8 Å². The lowest BCUT2D eigenvalue weighted by Crippen LogP contribution is -2.33. The summed E-state index contributed by atoms with van der Waals surface area (Å²) in [6, 6.07) is 16.3. The van der Waals surface area contributed by atoms with E-state index < -0.39 is 5.92 Å². The lowest BCUT2D eigenvalue weighted by atomic mass is 10.1. The fourth-order valence-electron chi connectivity index (χ4n) is 3.08. The van der Waals surface area contributed by atoms with Crippen LogP contribution in [0.4, 0.5) is 5.69 Å². The zero-order valence-electron chi connectivity index (χ0n) is 15.6. The summed E-state index contributed by atoms with van der Waals surface area (Å²) in [7, 11) is 1.56. The first-order valence-electron chi connectivity index (χ1n) is 9.03. The van der Waals surface area contributed by atoms with Gasteiger partial charge < -0.3 is 15.5 Å². The highest BCUT2D eigenvalue weighted by Gasteiger charge is 2.34. The van der Waals surface area contributed by atoms with Crippen LogP contribution >= 0.6 is 0 Å². The number of carbonyl (C=O) groups excluding carboxylic acids is 3. The third-order valence-corrected chi connectivity index (χ3v) is 4.54. The van der Waals surface area contributed by atoms with Gasteiger partial charge in [-0.1, -0.05) is 42.2 Å². The molecular formula is C22H21N3O3. The van der Waals surface area contributed by atoms with Gasteiger partial charge in [0.05, 0.1) is 18.0 Å². The maximum absolute atomic E-state index is 12.4. The van der Waals surface area contributed by atoms with Gasteiger partial charge in [-0.3, -0.25) is 14.4 Å². The van der Waals surface area contributed by atoms with Gasteiger partial charge in [-0.25, -0.2) is 0 Å². The molecule has 2 N–H and O–H groups in total. The molecule has 0 spiro atoms. The number of benzene rings is 2. The summed E-state index contributed by atoms with van der Waals surface area (Å²) in [5.74, 6) is 4.93. The van der Waals surface area contributed by atoms with Gasteiger partial charge in [0.25, 0.3) is 5.91 Å². The Kier molecular flexibility index (Phi) is 6.07. The largest absolute Gasteiger partial charge is 0.355 e. The molecule has 6 heteroatoms. The molecule has 0 saturated carbocycles. The Morgan fingerprint density at radius 3 is 2.57 bits per heavy atom. The van der Waals surface area contributed by atoms with Crippen LogP contribution in [-0.2, 0) is 9.59 Å². The molecule has 0 aromatic heterocycles. The predicted molar refractivity (Wildman–Crippen MR) is 107 cm³/mol. The van der Waals surface area contributed by atoms with Crippen LogP contribution in [0.5, 0.6) is 0 Å².